The van der Waals surface area contributed by atoms with Crippen LogP contribution >= 0.6 is 39.1 Å². The summed E-state index contributed by atoms with van der Waals surface area (Å²) in [4.78, 5) is 22.5. The van der Waals surface area contributed by atoms with Gasteiger partial charge in [0.1, 0.15) is 0 Å². The first-order chi connectivity index (χ1) is 17.0. The van der Waals surface area contributed by atoms with E-state index in [1.165, 1.54) is 49.0 Å². The van der Waals surface area contributed by atoms with Crippen LogP contribution in [0.2, 0.25) is 10.0 Å². The number of carbonyl (C=O) groups excluding carboxylic acids is 1. The number of benzene rings is 1. The first-order valence-electron chi connectivity index (χ1n) is 13.1. The number of piperidine rings is 2. The fourth-order valence-corrected chi connectivity index (χ4v) is 7.34. The quantitative estimate of drug-likeness (QED) is 0.388. The second-order valence-corrected chi connectivity index (χ2v) is 12.1. The molecule has 1 aliphatic carbocycles. The Hall–Kier alpha value is -1.14. The van der Waals surface area contributed by atoms with Crippen molar-refractivity contribution in [3.05, 3.63) is 61.3 Å². The van der Waals surface area contributed by atoms with E-state index in [0.29, 0.717) is 23.3 Å². The van der Waals surface area contributed by atoms with Crippen molar-refractivity contribution in [1.29, 1.82) is 0 Å². The fourth-order valence-electron chi connectivity index (χ4n) is 6.31. The molecular weight excluding hydrogens is 545 g/mol. The molecule has 1 aromatic carbocycles. The highest BCUT2D eigenvalue weighted by Gasteiger charge is 2.36. The van der Waals surface area contributed by atoms with Crippen LogP contribution in [0.5, 0.6) is 0 Å². The van der Waals surface area contributed by atoms with E-state index >= 15 is 0 Å². The first-order valence-corrected chi connectivity index (χ1v) is 14.7. The third-order valence-electron chi connectivity index (χ3n) is 8.09. The van der Waals surface area contributed by atoms with Gasteiger partial charge in [0.25, 0.3) is 0 Å². The smallest absolute Gasteiger partial charge is 0.222 e. The zero-order chi connectivity index (χ0) is 24.4. The molecule has 1 atom stereocenters. The lowest BCUT2D eigenvalue weighted by molar-refractivity contribution is -0.132. The maximum Gasteiger partial charge on any atom is 0.222 e. The highest BCUT2D eigenvalue weighted by Crippen LogP contribution is 2.46. The maximum absolute atomic E-state index is 13.0. The molecule has 35 heavy (non-hydrogen) atoms. The summed E-state index contributed by atoms with van der Waals surface area (Å²) in [5, 5.41) is 1.43. The van der Waals surface area contributed by atoms with Crippen molar-refractivity contribution in [2.45, 2.75) is 63.7 Å². The summed E-state index contributed by atoms with van der Waals surface area (Å²) in [6, 6.07) is 6.16. The molecule has 1 amide bonds. The molecule has 188 valence electrons. The minimum absolute atomic E-state index is 0.136. The van der Waals surface area contributed by atoms with Gasteiger partial charge in [-0.3, -0.25) is 9.78 Å². The molecule has 2 saturated heterocycles. The molecule has 2 aromatic rings. The van der Waals surface area contributed by atoms with E-state index in [2.05, 4.69) is 37.9 Å². The molecule has 2 fully saturated rings. The number of fused-ring (bicyclic) bond motifs is 2. The molecule has 0 spiro atoms. The average molecular weight is 579 g/mol. The summed E-state index contributed by atoms with van der Waals surface area (Å²) in [7, 11) is 0. The molecule has 3 aliphatic rings. The number of nitrogens with zero attached hydrogens (tertiary/aromatic N) is 3. The van der Waals surface area contributed by atoms with Gasteiger partial charge in [-0.25, -0.2) is 0 Å². The Bertz CT molecular complexity index is 1060. The van der Waals surface area contributed by atoms with Gasteiger partial charge in [-0.2, -0.15) is 0 Å². The average Bonchev–Trinajstić information content (AvgIpc) is 3.01. The van der Waals surface area contributed by atoms with Crippen LogP contribution in [0.25, 0.3) is 0 Å². The van der Waals surface area contributed by atoms with Crippen LogP contribution in [-0.4, -0.2) is 53.4 Å². The van der Waals surface area contributed by atoms with E-state index in [0.717, 1.165) is 66.9 Å². The van der Waals surface area contributed by atoms with E-state index < -0.39 is 0 Å². The molecule has 0 saturated carbocycles. The van der Waals surface area contributed by atoms with Crippen LogP contribution < -0.4 is 0 Å². The van der Waals surface area contributed by atoms with Crippen molar-refractivity contribution in [2.24, 2.45) is 5.92 Å². The lowest BCUT2D eigenvalue weighted by Gasteiger charge is -2.37. The largest absolute Gasteiger partial charge is 0.343 e. The Morgan fingerprint density at radius 3 is 2.51 bits per heavy atom. The number of aryl methyl sites for hydroxylation is 2. The van der Waals surface area contributed by atoms with Gasteiger partial charge < -0.3 is 9.80 Å². The van der Waals surface area contributed by atoms with E-state index in [1.54, 1.807) is 0 Å². The Morgan fingerprint density at radius 2 is 1.74 bits per heavy atom. The number of rotatable bonds is 5. The molecule has 7 heteroatoms. The van der Waals surface area contributed by atoms with Gasteiger partial charge in [0, 0.05) is 46.1 Å². The van der Waals surface area contributed by atoms with Gasteiger partial charge in [-0.05, 0) is 121 Å². The van der Waals surface area contributed by atoms with Crippen LogP contribution in [0.3, 0.4) is 0 Å². The fraction of sp³-hybridized carbons (Fsp3) is 0.571. The van der Waals surface area contributed by atoms with Gasteiger partial charge in [-0.1, -0.05) is 29.6 Å². The van der Waals surface area contributed by atoms with Crippen molar-refractivity contribution in [2.75, 3.05) is 32.7 Å². The second-order valence-electron chi connectivity index (χ2n) is 10.4. The first kappa shape index (κ1) is 25.5. The Balaban J connectivity index is 1.29. The third-order valence-corrected chi connectivity index (χ3v) is 9.06. The molecule has 0 bridgehead atoms. The number of aromatic nitrogens is 1. The Kier molecular flexibility index (Phi) is 8.38. The predicted octanol–water partition coefficient (Wildman–Crippen LogP) is 6.89. The number of amides is 1. The summed E-state index contributed by atoms with van der Waals surface area (Å²) >= 11 is 16.8. The van der Waals surface area contributed by atoms with Gasteiger partial charge >= 0.3 is 0 Å². The topological polar surface area (TPSA) is 36.4 Å². The Morgan fingerprint density at radius 1 is 1.00 bits per heavy atom. The number of likely N-dealkylation sites (tertiary alicyclic amines) is 2. The summed E-state index contributed by atoms with van der Waals surface area (Å²) < 4.78 is 1.01. The lowest BCUT2D eigenvalue weighted by atomic mass is 9.76. The van der Waals surface area contributed by atoms with E-state index in [-0.39, 0.29) is 5.92 Å². The van der Waals surface area contributed by atoms with Crippen molar-refractivity contribution < 1.29 is 4.79 Å². The lowest BCUT2D eigenvalue weighted by Crippen LogP contribution is -2.40. The van der Waals surface area contributed by atoms with Crippen LogP contribution in [0, 0.1) is 5.92 Å². The standard InChI is InChI=1S/C28H34BrCl2N3O/c29-22-15-21-7-6-20-16-23(30)17-24(31)26(20)27(28(21)32-18-22)19-8-13-34(14-9-19)25(35)5-4-12-33-10-2-1-3-11-33/h15-19,27H,1-14H2. The zero-order valence-corrected chi connectivity index (χ0v) is 23.3. The van der Waals surface area contributed by atoms with Gasteiger partial charge in [0.15, 0.2) is 0 Å². The number of pyridine rings is 1. The predicted molar refractivity (Wildman–Crippen MR) is 146 cm³/mol. The van der Waals surface area contributed by atoms with Crippen molar-refractivity contribution in [3.63, 3.8) is 0 Å². The van der Waals surface area contributed by atoms with Crippen molar-refractivity contribution >= 4 is 45.0 Å². The highest BCUT2D eigenvalue weighted by atomic mass is 79.9. The number of carbonyl (C=O) groups is 1. The van der Waals surface area contributed by atoms with Crippen molar-refractivity contribution in [1.82, 2.24) is 14.8 Å². The molecule has 1 unspecified atom stereocenters. The maximum atomic E-state index is 13.0. The van der Waals surface area contributed by atoms with Gasteiger partial charge in [0.2, 0.25) is 5.91 Å². The molecule has 0 radical (unpaired) electrons. The van der Waals surface area contributed by atoms with Crippen LogP contribution in [0.1, 0.15) is 73.2 Å². The summed E-state index contributed by atoms with van der Waals surface area (Å²) in [6.45, 7) is 5.08. The summed E-state index contributed by atoms with van der Waals surface area (Å²) in [5.74, 6) is 0.848. The summed E-state index contributed by atoms with van der Waals surface area (Å²) in [6.07, 6.45) is 11.3. The van der Waals surface area contributed by atoms with E-state index in [1.807, 2.05) is 12.3 Å². The molecule has 1 aromatic heterocycles. The van der Waals surface area contributed by atoms with Crippen molar-refractivity contribution in [3.8, 4) is 0 Å². The minimum Gasteiger partial charge on any atom is -0.343 e. The SMILES string of the molecule is O=C(CCCN1CCCCC1)N1CCC(C2c3ncc(Br)cc3CCc3cc(Cl)cc(Cl)c32)CC1. The normalized spacial score (nSPS) is 21.3. The number of halogens is 3. The zero-order valence-electron chi connectivity index (χ0n) is 20.2. The summed E-state index contributed by atoms with van der Waals surface area (Å²) in [5.41, 5.74) is 4.85. The van der Waals surface area contributed by atoms with Crippen LogP contribution in [0.4, 0.5) is 0 Å². The van der Waals surface area contributed by atoms with Gasteiger partial charge in [-0.15, -0.1) is 0 Å². The number of hydrogen-bond acceptors (Lipinski definition) is 3. The van der Waals surface area contributed by atoms with E-state index in [9.17, 15) is 4.79 Å². The van der Waals surface area contributed by atoms with Gasteiger partial charge in [0.05, 0.1) is 5.69 Å². The Labute approximate surface area is 227 Å². The molecule has 0 N–H and O–H groups in total. The van der Waals surface area contributed by atoms with Crippen LogP contribution in [0.15, 0.2) is 28.9 Å². The molecule has 4 nitrogen and oxygen atoms in total. The highest BCUT2D eigenvalue weighted by molar-refractivity contribution is 9.10. The molecule has 2 aliphatic heterocycles. The number of hydrogen-bond donors (Lipinski definition) is 0. The molecule has 5 rings (SSSR count). The molecular formula is C28H34BrCl2N3O. The monoisotopic (exact) mass is 577 g/mol. The third kappa shape index (κ3) is 5.89. The second kappa shape index (κ2) is 11.5. The van der Waals surface area contributed by atoms with Crippen LogP contribution in [-0.2, 0) is 17.6 Å². The minimum atomic E-state index is 0.136. The molecule has 3 heterocycles. The van der Waals surface area contributed by atoms with E-state index in [4.69, 9.17) is 28.2 Å².